The zero-order chi connectivity index (χ0) is 11.2. The molecule has 1 N–H and O–H groups in total. The largest absolute Gasteiger partial charge is 0.472 e. The summed E-state index contributed by atoms with van der Waals surface area (Å²) in [6.45, 7) is 4.56. The van der Waals surface area contributed by atoms with E-state index in [1.807, 2.05) is 10.7 Å². The molecule has 16 heavy (non-hydrogen) atoms. The van der Waals surface area contributed by atoms with Crippen molar-refractivity contribution in [3.63, 3.8) is 0 Å². The Hall–Kier alpha value is -1.62. The molecule has 0 saturated carbocycles. The van der Waals surface area contributed by atoms with Gasteiger partial charge >= 0.3 is 0 Å². The first kappa shape index (κ1) is 10.9. The van der Waals surface area contributed by atoms with E-state index in [0.29, 0.717) is 0 Å². The van der Waals surface area contributed by atoms with Crippen molar-refractivity contribution in [2.24, 2.45) is 0 Å². The van der Waals surface area contributed by atoms with Gasteiger partial charge in [0.25, 0.3) is 0 Å². The lowest BCUT2D eigenvalue weighted by Crippen LogP contribution is -2.17. The molecule has 86 valence electrons. The van der Waals surface area contributed by atoms with Crippen LogP contribution in [-0.2, 0) is 19.6 Å². The quantitative estimate of drug-likeness (QED) is 0.802. The summed E-state index contributed by atoms with van der Waals surface area (Å²) in [6.07, 6.45) is 6.09. The number of rotatable bonds is 6. The van der Waals surface area contributed by atoms with Crippen molar-refractivity contribution in [2.75, 3.05) is 0 Å². The van der Waals surface area contributed by atoms with Gasteiger partial charge in [-0.2, -0.15) is 5.10 Å². The van der Waals surface area contributed by atoms with Gasteiger partial charge in [0.2, 0.25) is 0 Å². The van der Waals surface area contributed by atoms with Gasteiger partial charge in [0.1, 0.15) is 12.2 Å². The maximum Gasteiger partial charge on any atom is 0.140 e. The Morgan fingerprint density at radius 2 is 2.38 bits per heavy atom. The molecule has 0 amide bonds. The maximum absolute atomic E-state index is 4.99. The van der Waals surface area contributed by atoms with Crippen LogP contribution in [0, 0.1) is 0 Å². The summed E-state index contributed by atoms with van der Waals surface area (Å²) in [5, 5.41) is 7.47. The highest BCUT2D eigenvalue weighted by Crippen LogP contribution is 2.00. The molecule has 5 heteroatoms. The smallest absolute Gasteiger partial charge is 0.140 e. The summed E-state index contributed by atoms with van der Waals surface area (Å²) < 4.78 is 6.92. The van der Waals surface area contributed by atoms with Crippen LogP contribution in [0.3, 0.4) is 0 Å². The minimum atomic E-state index is 0.727. The number of aryl methyl sites for hydroxylation is 1. The molecule has 0 atom stereocenters. The van der Waals surface area contributed by atoms with Gasteiger partial charge in [0.15, 0.2) is 0 Å². The third-order valence-electron chi connectivity index (χ3n) is 2.32. The molecule has 0 bridgehead atoms. The number of hydrogen-bond acceptors (Lipinski definition) is 4. The number of aromatic nitrogens is 3. The predicted molar refractivity (Wildman–Crippen MR) is 59.6 cm³/mol. The van der Waals surface area contributed by atoms with E-state index in [-0.39, 0.29) is 0 Å². The average Bonchev–Trinajstić information content (AvgIpc) is 2.91. The molecule has 0 radical (unpaired) electrons. The fourth-order valence-corrected chi connectivity index (χ4v) is 1.54. The van der Waals surface area contributed by atoms with E-state index in [0.717, 1.165) is 37.4 Å². The summed E-state index contributed by atoms with van der Waals surface area (Å²) in [4.78, 5) is 4.22. The van der Waals surface area contributed by atoms with Crippen molar-refractivity contribution >= 4 is 0 Å². The molecule has 0 aliphatic carbocycles. The minimum Gasteiger partial charge on any atom is -0.472 e. The second-order valence-corrected chi connectivity index (χ2v) is 3.63. The molecule has 0 aromatic carbocycles. The van der Waals surface area contributed by atoms with Gasteiger partial charge in [-0.3, -0.25) is 0 Å². The minimum absolute atomic E-state index is 0.727. The molecule has 0 unspecified atom stereocenters. The van der Waals surface area contributed by atoms with Gasteiger partial charge in [0, 0.05) is 18.7 Å². The van der Waals surface area contributed by atoms with Gasteiger partial charge in [-0.25, -0.2) is 9.67 Å². The Morgan fingerprint density at radius 1 is 1.44 bits per heavy atom. The van der Waals surface area contributed by atoms with E-state index in [2.05, 4.69) is 22.3 Å². The standard InChI is InChI=1S/C11H16N4O/c1-2-4-15-11(13-9-14-15)7-12-6-10-3-5-16-8-10/h3,5,8-9,12H,2,4,6-7H2,1H3. The van der Waals surface area contributed by atoms with Gasteiger partial charge in [-0.1, -0.05) is 6.92 Å². The zero-order valence-electron chi connectivity index (χ0n) is 9.39. The summed E-state index contributed by atoms with van der Waals surface area (Å²) >= 11 is 0. The first-order valence-corrected chi connectivity index (χ1v) is 5.48. The van der Waals surface area contributed by atoms with Gasteiger partial charge in [-0.15, -0.1) is 0 Å². The van der Waals surface area contributed by atoms with Crippen LogP contribution < -0.4 is 5.32 Å². The predicted octanol–water partition coefficient (Wildman–Crippen LogP) is 1.57. The van der Waals surface area contributed by atoms with Crippen LogP contribution in [0.4, 0.5) is 0 Å². The number of furan rings is 1. The highest BCUT2D eigenvalue weighted by atomic mass is 16.3. The van der Waals surface area contributed by atoms with Crippen molar-refractivity contribution in [1.82, 2.24) is 20.1 Å². The van der Waals surface area contributed by atoms with Crippen molar-refractivity contribution in [3.05, 3.63) is 36.3 Å². The monoisotopic (exact) mass is 220 g/mol. The van der Waals surface area contributed by atoms with E-state index in [1.165, 1.54) is 0 Å². The molecule has 0 saturated heterocycles. The molecular weight excluding hydrogens is 204 g/mol. The average molecular weight is 220 g/mol. The summed E-state index contributed by atoms with van der Waals surface area (Å²) in [6, 6.07) is 1.95. The fraction of sp³-hybridized carbons (Fsp3) is 0.455. The molecule has 2 aromatic rings. The van der Waals surface area contributed by atoms with Crippen molar-refractivity contribution in [1.29, 1.82) is 0 Å². The third kappa shape index (κ3) is 2.70. The van der Waals surface area contributed by atoms with Crippen LogP contribution in [0.25, 0.3) is 0 Å². The molecule has 0 fully saturated rings. The first-order valence-electron chi connectivity index (χ1n) is 5.48. The van der Waals surface area contributed by atoms with E-state index < -0.39 is 0 Å². The van der Waals surface area contributed by atoms with E-state index in [9.17, 15) is 0 Å². The molecule has 2 heterocycles. The highest BCUT2D eigenvalue weighted by Gasteiger charge is 2.02. The lowest BCUT2D eigenvalue weighted by molar-refractivity contribution is 0.537. The summed E-state index contributed by atoms with van der Waals surface area (Å²) in [5.41, 5.74) is 1.14. The van der Waals surface area contributed by atoms with Crippen LogP contribution in [0.15, 0.2) is 29.3 Å². The summed E-state index contributed by atoms with van der Waals surface area (Å²) in [7, 11) is 0. The first-order chi connectivity index (χ1) is 7.90. The second-order valence-electron chi connectivity index (χ2n) is 3.63. The van der Waals surface area contributed by atoms with Gasteiger partial charge in [0.05, 0.1) is 19.1 Å². The summed E-state index contributed by atoms with van der Waals surface area (Å²) in [5.74, 6) is 0.977. The topological polar surface area (TPSA) is 55.9 Å². The SMILES string of the molecule is CCCn1ncnc1CNCc1ccoc1. The molecule has 0 spiro atoms. The van der Waals surface area contributed by atoms with E-state index >= 15 is 0 Å². The lowest BCUT2D eigenvalue weighted by atomic mass is 10.3. The molecule has 5 nitrogen and oxygen atoms in total. The van der Waals surface area contributed by atoms with Crippen molar-refractivity contribution in [2.45, 2.75) is 33.0 Å². The third-order valence-corrected chi connectivity index (χ3v) is 2.32. The Labute approximate surface area is 94.5 Å². The van der Waals surface area contributed by atoms with Crippen molar-refractivity contribution in [3.8, 4) is 0 Å². The number of nitrogens with one attached hydrogen (secondary N) is 1. The van der Waals surface area contributed by atoms with E-state index in [4.69, 9.17) is 4.42 Å². The molecule has 0 aliphatic heterocycles. The Morgan fingerprint density at radius 3 is 3.12 bits per heavy atom. The Balaban J connectivity index is 1.82. The van der Waals surface area contributed by atoms with Crippen LogP contribution >= 0.6 is 0 Å². The maximum atomic E-state index is 4.99. The Kier molecular flexibility index (Phi) is 3.71. The van der Waals surface area contributed by atoms with Crippen LogP contribution in [0.5, 0.6) is 0 Å². The zero-order valence-corrected chi connectivity index (χ0v) is 9.39. The van der Waals surface area contributed by atoms with Crippen molar-refractivity contribution < 1.29 is 4.42 Å². The fourth-order valence-electron chi connectivity index (χ4n) is 1.54. The van der Waals surface area contributed by atoms with E-state index in [1.54, 1.807) is 18.9 Å². The Bertz CT molecular complexity index is 407. The molecule has 2 rings (SSSR count). The highest BCUT2D eigenvalue weighted by molar-refractivity contribution is 5.04. The lowest BCUT2D eigenvalue weighted by Gasteiger charge is -2.05. The van der Waals surface area contributed by atoms with Crippen LogP contribution in [0.1, 0.15) is 24.7 Å². The van der Waals surface area contributed by atoms with Crippen LogP contribution in [0.2, 0.25) is 0 Å². The molecule has 2 aromatic heterocycles. The van der Waals surface area contributed by atoms with Gasteiger partial charge in [-0.05, 0) is 12.5 Å². The number of hydrogen-bond donors (Lipinski definition) is 1. The van der Waals surface area contributed by atoms with Gasteiger partial charge < -0.3 is 9.73 Å². The molecular formula is C11H16N4O. The second kappa shape index (κ2) is 5.46. The number of nitrogens with zero attached hydrogens (tertiary/aromatic N) is 3. The molecule has 0 aliphatic rings. The van der Waals surface area contributed by atoms with Crippen LogP contribution in [-0.4, -0.2) is 14.8 Å². The normalized spacial score (nSPS) is 10.8.